The Morgan fingerprint density at radius 1 is 0.958 bits per heavy atom. The standard InChI is InChI=1S/C20H21NO3/c1-12-13(2)15(4)20(16(5)14(12)3)19(22)10-9-17-7-6-8-18(11-17)21(23)24/h6-11H,1-5H3/b10-9+. The lowest BCUT2D eigenvalue weighted by Gasteiger charge is -2.16. The normalized spacial score (nSPS) is 11.0. The van der Waals surface area contributed by atoms with Gasteiger partial charge < -0.3 is 0 Å². The highest BCUT2D eigenvalue weighted by Gasteiger charge is 2.16. The second-order valence-corrected chi connectivity index (χ2v) is 6.05. The Kier molecular flexibility index (Phi) is 4.98. The molecule has 0 atom stereocenters. The van der Waals surface area contributed by atoms with Crippen LogP contribution in [0.1, 0.15) is 43.7 Å². The van der Waals surface area contributed by atoms with Crippen molar-refractivity contribution in [2.45, 2.75) is 34.6 Å². The van der Waals surface area contributed by atoms with Gasteiger partial charge >= 0.3 is 0 Å². The van der Waals surface area contributed by atoms with Gasteiger partial charge in [0.2, 0.25) is 0 Å². The van der Waals surface area contributed by atoms with E-state index >= 15 is 0 Å². The molecule has 0 amide bonds. The van der Waals surface area contributed by atoms with Crippen LogP contribution in [0, 0.1) is 44.7 Å². The predicted octanol–water partition coefficient (Wildman–Crippen LogP) is 5.03. The first-order chi connectivity index (χ1) is 11.2. The Labute approximate surface area is 142 Å². The average molecular weight is 323 g/mol. The van der Waals surface area contributed by atoms with Crippen LogP contribution in [-0.4, -0.2) is 10.7 Å². The van der Waals surface area contributed by atoms with Gasteiger partial charge in [-0.3, -0.25) is 14.9 Å². The largest absolute Gasteiger partial charge is 0.289 e. The summed E-state index contributed by atoms with van der Waals surface area (Å²) in [7, 11) is 0. The maximum Gasteiger partial charge on any atom is 0.270 e. The van der Waals surface area contributed by atoms with E-state index in [1.54, 1.807) is 18.2 Å². The van der Waals surface area contributed by atoms with E-state index in [2.05, 4.69) is 6.92 Å². The molecule has 0 aliphatic heterocycles. The molecule has 0 aliphatic carbocycles. The van der Waals surface area contributed by atoms with E-state index in [-0.39, 0.29) is 11.5 Å². The molecule has 0 aliphatic rings. The van der Waals surface area contributed by atoms with Crippen LogP contribution < -0.4 is 0 Å². The zero-order chi connectivity index (χ0) is 18.0. The number of carbonyl (C=O) groups excluding carboxylic acids is 1. The fourth-order valence-corrected chi connectivity index (χ4v) is 2.87. The molecule has 0 saturated heterocycles. The molecule has 2 aromatic carbocycles. The van der Waals surface area contributed by atoms with Crippen molar-refractivity contribution < 1.29 is 9.72 Å². The van der Waals surface area contributed by atoms with E-state index in [0.717, 1.165) is 27.8 Å². The van der Waals surface area contributed by atoms with Crippen molar-refractivity contribution in [2.75, 3.05) is 0 Å². The van der Waals surface area contributed by atoms with Gasteiger partial charge in [0.05, 0.1) is 4.92 Å². The van der Waals surface area contributed by atoms with E-state index in [1.807, 2.05) is 27.7 Å². The van der Waals surface area contributed by atoms with Crippen LogP contribution in [0.4, 0.5) is 5.69 Å². The van der Waals surface area contributed by atoms with Crippen molar-refractivity contribution in [3.05, 3.63) is 79.4 Å². The summed E-state index contributed by atoms with van der Waals surface area (Å²) in [6.07, 6.45) is 3.11. The van der Waals surface area contributed by atoms with Gasteiger partial charge in [0, 0.05) is 17.7 Å². The molecule has 2 aromatic rings. The minimum Gasteiger partial charge on any atom is -0.289 e. The fraction of sp³-hybridized carbons (Fsp3) is 0.250. The van der Waals surface area contributed by atoms with Gasteiger partial charge in [0.15, 0.2) is 5.78 Å². The summed E-state index contributed by atoms with van der Waals surface area (Å²) in [6.45, 7) is 10.0. The summed E-state index contributed by atoms with van der Waals surface area (Å²) < 4.78 is 0. The topological polar surface area (TPSA) is 60.2 Å². The Bertz CT molecular complexity index is 834. The third-order valence-electron chi connectivity index (χ3n) is 4.75. The monoisotopic (exact) mass is 323 g/mol. The molecule has 0 saturated carbocycles. The highest BCUT2D eigenvalue weighted by atomic mass is 16.6. The third-order valence-corrected chi connectivity index (χ3v) is 4.75. The summed E-state index contributed by atoms with van der Waals surface area (Å²) in [5, 5.41) is 10.8. The smallest absolute Gasteiger partial charge is 0.270 e. The van der Waals surface area contributed by atoms with Crippen molar-refractivity contribution >= 4 is 17.5 Å². The molecular weight excluding hydrogens is 302 g/mol. The minimum atomic E-state index is -0.444. The number of non-ortho nitro benzene ring substituents is 1. The van der Waals surface area contributed by atoms with Gasteiger partial charge in [-0.05, 0) is 74.1 Å². The molecule has 2 rings (SSSR count). The molecule has 0 bridgehead atoms. The van der Waals surface area contributed by atoms with Crippen molar-refractivity contribution in [1.82, 2.24) is 0 Å². The summed E-state index contributed by atoms with van der Waals surface area (Å²) >= 11 is 0. The van der Waals surface area contributed by atoms with Crippen molar-refractivity contribution in [3.63, 3.8) is 0 Å². The molecule has 0 heterocycles. The number of nitro benzene ring substituents is 1. The molecule has 0 radical (unpaired) electrons. The summed E-state index contributed by atoms with van der Waals surface area (Å²) in [5.74, 6) is -0.0808. The lowest BCUT2D eigenvalue weighted by Crippen LogP contribution is -2.07. The number of nitro groups is 1. The van der Waals surface area contributed by atoms with Gasteiger partial charge in [0.25, 0.3) is 5.69 Å². The summed E-state index contributed by atoms with van der Waals surface area (Å²) in [6, 6.07) is 6.23. The maximum atomic E-state index is 12.7. The molecule has 0 N–H and O–H groups in total. The summed E-state index contributed by atoms with van der Waals surface area (Å²) in [5.41, 5.74) is 6.82. The lowest BCUT2D eigenvalue weighted by molar-refractivity contribution is -0.384. The van der Waals surface area contributed by atoms with E-state index in [0.29, 0.717) is 5.56 Å². The highest BCUT2D eigenvalue weighted by molar-refractivity contribution is 6.09. The molecule has 4 nitrogen and oxygen atoms in total. The zero-order valence-corrected chi connectivity index (χ0v) is 14.6. The van der Waals surface area contributed by atoms with Gasteiger partial charge in [-0.1, -0.05) is 18.2 Å². The third kappa shape index (κ3) is 3.27. The van der Waals surface area contributed by atoms with Crippen LogP contribution in [0.15, 0.2) is 30.3 Å². The molecule has 24 heavy (non-hydrogen) atoms. The summed E-state index contributed by atoms with van der Waals surface area (Å²) in [4.78, 5) is 23.1. The lowest BCUT2D eigenvalue weighted by atomic mass is 9.87. The highest BCUT2D eigenvalue weighted by Crippen LogP contribution is 2.27. The van der Waals surface area contributed by atoms with Gasteiger partial charge in [-0.25, -0.2) is 0 Å². The maximum absolute atomic E-state index is 12.7. The van der Waals surface area contributed by atoms with Crippen LogP contribution >= 0.6 is 0 Å². The Balaban J connectivity index is 2.41. The first-order valence-electron chi connectivity index (χ1n) is 7.77. The van der Waals surface area contributed by atoms with Gasteiger partial charge in [0.1, 0.15) is 0 Å². The van der Waals surface area contributed by atoms with Gasteiger partial charge in [-0.2, -0.15) is 0 Å². The zero-order valence-electron chi connectivity index (χ0n) is 14.6. The second kappa shape index (κ2) is 6.79. The molecule has 4 heteroatoms. The Morgan fingerprint density at radius 2 is 1.50 bits per heavy atom. The van der Waals surface area contributed by atoms with E-state index in [4.69, 9.17) is 0 Å². The quantitative estimate of drug-likeness (QED) is 0.343. The number of rotatable bonds is 4. The number of benzene rings is 2. The van der Waals surface area contributed by atoms with Crippen LogP contribution in [0.3, 0.4) is 0 Å². The van der Waals surface area contributed by atoms with Crippen molar-refractivity contribution in [3.8, 4) is 0 Å². The number of nitrogens with zero attached hydrogens (tertiary/aromatic N) is 1. The second-order valence-electron chi connectivity index (χ2n) is 6.05. The minimum absolute atomic E-state index is 0.0129. The van der Waals surface area contributed by atoms with Crippen LogP contribution in [0.5, 0.6) is 0 Å². The van der Waals surface area contributed by atoms with Crippen molar-refractivity contribution in [1.29, 1.82) is 0 Å². The number of allylic oxidation sites excluding steroid dienone is 1. The number of hydrogen-bond acceptors (Lipinski definition) is 3. The SMILES string of the molecule is Cc1c(C)c(C)c(C(=O)/C=C/c2cccc([N+](=O)[O-])c2)c(C)c1C. The number of carbonyl (C=O) groups is 1. The Hall–Kier alpha value is -2.75. The van der Waals surface area contributed by atoms with Crippen molar-refractivity contribution in [2.24, 2.45) is 0 Å². The first kappa shape index (κ1) is 17.6. The number of hydrogen-bond donors (Lipinski definition) is 0. The fourth-order valence-electron chi connectivity index (χ4n) is 2.87. The molecule has 0 aromatic heterocycles. The number of ketones is 1. The van der Waals surface area contributed by atoms with E-state index in [1.165, 1.54) is 23.8 Å². The first-order valence-corrected chi connectivity index (χ1v) is 7.77. The van der Waals surface area contributed by atoms with Gasteiger partial charge in [-0.15, -0.1) is 0 Å². The van der Waals surface area contributed by atoms with E-state index < -0.39 is 4.92 Å². The average Bonchev–Trinajstić information content (AvgIpc) is 2.56. The molecule has 0 fully saturated rings. The van der Waals surface area contributed by atoms with Crippen LogP contribution in [0.2, 0.25) is 0 Å². The van der Waals surface area contributed by atoms with Crippen LogP contribution in [0.25, 0.3) is 6.08 Å². The Morgan fingerprint density at radius 3 is 2.04 bits per heavy atom. The van der Waals surface area contributed by atoms with Crippen LogP contribution in [-0.2, 0) is 0 Å². The molecule has 124 valence electrons. The van der Waals surface area contributed by atoms with E-state index in [9.17, 15) is 14.9 Å². The molecular formula is C20H21NO3. The molecule has 0 spiro atoms. The predicted molar refractivity (Wildman–Crippen MR) is 96.6 cm³/mol. The molecule has 0 unspecified atom stereocenters.